The van der Waals surface area contributed by atoms with Gasteiger partial charge in [0.05, 0.1) is 12.1 Å². The summed E-state index contributed by atoms with van der Waals surface area (Å²) < 4.78 is 0. The number of carbonyl (C=O) groups excluding carboxylic acids is 1. The summed E-state index contributed by atoms with van der Waals surface area (Å²) in [7, 11) is 0. The van der Waals surface area contributed by atoms with Crippen molar-refractivity contribution in [3.05, 3.63) is 69.7 Å². The van der Waals surface area contributed by atoms with Crippen LogP contribution in [0.4, 0.5) is 0 Å². The van der Waals surface area contributed by atoms with Gasteiger partial charge in [-0.25, -0.2) is 0 Å². The molecule has 0 aliphatic heterocycles. The lowest BCUT2D eigenvalue weighted by atomic mass is 9.95. The van der Waals surface area contributed by atoms with Gasteiger partial charge in [0.1, 0.15) is 0 Å². The Morgan fingerprint density at radius 1 is 0.750 bits per heavy atom. The first-order valence-electron chi connectivity index (χ1n) is 6.05. The summed E-state index contributed by atoms with van der Waals surface area (Å²) in [5.41, 5.74) is 13.3. The Kier molecular flexibility index (Phi) is 4.78. The molecule has 2 rings (SSSR count). The molecular weight excluding hydrogens is 295 g/mol. The molecule has 0 aromatic heterocycles. The van der Waals surface area contributed by atoms with E-state index >= 15 is 0 Å². The first kappa shape index (κ1) is 15.0. The van der Waals surface area contributed by atoms with Crippen molar-refractivity contribution in [1.29, 1.82) is 0 Å². The Bertz CT molecular complexity index is 543. The number of carbonyl (C=O) groups is 1. The fourth-order valence-electron chi connectivity index (χ4n) is 1.86. The molecular formula is C15H14Cl2N2O. The zero-order valence-corrected chi connectivity index (χ0v) is 12.1. The summed E-state index contributed by atoms with van der Waals surface area (Å²) in [5.74, 6) is -0.255. The smallest absolute Gasteiger partial charge is 0.175 e. The van der Waals surface area contributed by atoms with Crippen molar-refractivity contribution < 1.29 is 4.79 Å². The summed E-state index contributed by atoms with van der Waals surface area (Å²) in [4.78, 5) is 12.3. The van der Waals surface area contributed by atoms with Crippen LogP contribution in [-0.2, 0) is 4.79 Å². The Balaban J connectivity index is 2.17. The van der Waals surface area contributed by atoms with Crippen LogP contribution in [0.25, 0.3) is 0 Å². The standard InChI is InChI=1S/C15H14Cl2N2O/c16-11-5-1-9(2-6-11)13(18)15(20)14(19)10-3-7-12(17)8-4-10/h1-8,13-14H,18-19H2. The third-order valence-corrected chi connectivity index (χ3v) is 3.58. The number of hydrogen-bond donors (Lipinski definition) is 2. The molecule has 2 aromatic carbocycles. The monoisotopic (exact) mass is 308 g/mol. The van der Waals surface area contributed by atoms with Gasteiger partial charge in [-0.1, -0.05) is 47.5 Å². The molecule has 0 aliphatic rings. The van der Waals surface area contributed by atoms with Gasteiger partial charge < -0.3 is 11.5 Å². The second-order valence-electron chi connectivity index (χ2n) is 4.46. The molecule has 0 fully saturated rings. The molecule has 0 saturated heterocycles. The maximum Gasteiger partial charge on any atom is 0.175 e. The lowest BCUT2D eigenvalue weighted by molar-refractivity contribution is -0.121. The highest BCUT2D eigenvalue weighted by Gasteiger charge is 2.23. The highest BCUT2D eigenvalue weighted by Crippen LogP contribution is 2.22. The lowest BCUT2D eigenvalue weighted by Gasteiger charge is -2.17. The van der Waals surface area contributed by atoms with Gasteiger partial charge in [0.15, 0.2) is 5.78 Å². The number of nitrogens with two attached hydrogens (primary N) is 2. The number of halogens is 2. The summed E-state index contributed by atoms with van der Waals surface area (Å²) in [5, 5.41) is 1.19. The van der Waals surface area contributed by atoms with Crippen LogP contribution in [0.5, 0.6) is 0 Å². The van der Waals surface area contributed by atoms with E-state index < -0.39 is 12.1 Å². The van der Waals surface area contributed by atoms with E-state index in [1.807, 2.05) is 0 Å². The molecule has 0 amide bonds. The summed E-state index contributed by atoms with van der Waals surface area (Å²) in [6.07, 6.45) is 0. The van der Waals surface area contributed by atoms with Gasteiger partial charge in [0, 0.05) is 10.0 Å². The van der Waals surface area contributed by atoms with Crippen LogP contribution in [-0.4, -0.2) is 5.78 Å². The van der Waals surface area contributed by atoms with Crippen molar-refractivity contribution in [2.75, 3.05) is 0 Å². The normalized spacial score (nSPS) is 13.8. The van der Waals surface area contributed by atoms with Crippen LogP contribution in [0.1, 0.15) is 23.2 Å². The van der Waals surface area contributed by atoms with Gasteiger partial charge in [-0.15, -0.1) is 0 Å². The zero-order chi connectivity index (χ0) is 14.7. The van der Waals surface area contributed by atoms with Crippen molar-refractivity contribution >= 4 is 29.0 Å². The molecule has 0 aliphatic carbocycles. The van der Waals surface area contributed by atoms with Crippen LogP contribution in [0.15, 0.2) is 48.5 Å². The fourth-order valence-corrected chi connectivity index (χ4v) is 2.11. The molecule has 0 bridgehead atoms. The molecule has 104 valence electrons. The predicted molar refractivity (Wildman–Crippen MR) is 81.8 cm³/mol. The van der Waals surface area contributed by atoms with E-state index in [0.29, 0.717) is 21.2 Å². The van der Waals surface area contributed by atoms with Crippen LogP contribution >= 0.6 is 23.2 Å². The average molecular weight is 309 g/mol. The molecule has 3 nitrogen and oxygen atoms in total. The molecule has 5 heteroatoms. The molecule has 0 heterocycles. The van der Waals surface area contributed by atoms with E-state index in [4.69, 9.17) is 34.7 Å². The molecule has 2 atom stereocenters. The maximum absolute atomic E-state index is 12.3. The molecule has 2 unspecified atom stereocenters. The number of ketones is 1. The first-order valence-corrected chi connectivity index (χ1v) is 6.80. The number of hydrogen-bond acceptors (Lipinski definition) is 3. The average Bonchev–Trinajstić information content (AvgIpc) is 2.46. The van der Waals surface area contributed by atoms with Crippen LogP contribution in [0.2, 0.25) is 10.0 Å². The van der Waals surface area contributed by atoms with Gasteiger partial charge >= 0.3 is 0 Å². The van der Waals surface area contributed by atoms with Gasteiger partial charge in [0.2, 0.25) is 0 Å². The first-order chi connectivity index (χ1) is 9.49. The Hall–Kier alpha value is -1.39. The number of benzene rings is 2. The van der Waals surface area contributed by atoms with Crippen molar-refractivity contribution in [2.45, 2.75) is 12.1 Å². The largest absolute Gasteiger partial charge is 0.318 e. The minimum absolute atomic E-state index is 0.255. The van der Waals surface area contributed by atoms with E-state index in [1.165, 1.54) is 0 Å². The SMILES string of the molecule is NC(C(=O)C(N)c1ccc(Cl)cc1)c1ccc(Cl)cc1. The van der Waals surface area contributed by atoms with Crippen LogP contribution in [0.3, 0.4) is 0 Å². The second-order valence-corrected chi connectivity index (χ2v) is 5.33. The van der Waals surface area contributed by atoms with Crippen LogP contribution < -0.4 is 11.5 Å². The molecule has 0 saturated carbocycles. The highest BCUT2D eigenvalue weighted by molar-refractivity contribution is 6.30. The summed E-state index contributed by atoms with van der Waals surface area (Å²) >= 11 is 11.6. The van der Waals surface area contributed by atoms with Gasteiger partial charge in [0.25, 0.3) is 0 Å². The third kappa shape index (κ3) is 3.38. The second kappa shape index (κ2) is 6.37. The Morgan fingerprint density at radius 3 is 1.35 bits per heavy atom. The number of rotatable bonds is 4. The van der Waals surface area contributed by atoms with E-state index in [2.05, 4.69) is 0 Å². The van der Waals surface area contributed by atoms with E-state index in [0.717, 1.165) is 0 Å². The topological polar surface area (TPSA) is 69.1 Å². The Labute approximate surface area is 127 Å². The molecule has 0 spiro atoms. The maximum atomic E-state index is 12.3. The highest BCUT2D eigenvalue weighted by atomic mass is 35.5. The van der Waals surface area contributed by atoms with Crippen molar-refractivity contribution in [3.63, 3.8) is 0 Å². The quantitative estimate of drug-likeness (QED) is 0.911. The zero-order valence-electron chi connectivity index (χ0n) is 10.6. The van der Waals surface area contributed by atoms with Crippen molar-refractivity contribution in [1.82, 2.24) is 0 Å². The minimum atomic E-state index is -0.780. The summed E-state index contributed by atoms with van der Waals surface area (Å²) in [6.45, 7) is 0. The third-order valence-electron chi connectivity index (χ3n) is 3.07. The molecule has 20 heavy (non-hydrogen) atoms. The Morgan fingerprint density at radius 2 is 1.05 bits per heavy atom. The van der Waals surface area contributed by atoms with Crippen molar-refractivity contribution in [2.24, 2.45) is 11.5 Å². The molecule has 2 aromatic rings. The number of Topliss-reactive ketones (excluding diaryl/α,β-unsaturated/α-hetero) is 1. The van der Waals surface area contributed by atoms with Crippen molar-refractivity contribution in [3.8, 4) is 0 Å². The minimum Gasteiger partial charge on any atom is -0.318 e. The van der Waals surface area contributed by atoms with Gasteiger partial charge in [-0.3, -0.25) is 4.79 Å². The van der Waals surface area contributed by atoms with E-state index in [1.54, 1.807) is 48.5 Å². The predicted octanol–water partition coefficient (Wildman–Crippen LogP) is 3.26. The van der Waals surface area contributed by atoms with E-state index in [9.17, 15) is 4.79 Å². The van der Waals surface area contributed by atoms with Gasteiger partial charge in [-0.05, 0) is 35.4 Å². The summed E-state index contributed by atoms with van der Waals surface area (Å²) in [6, 6.07) is 12.1. The van der Waals surface area contributed by atoms with E-state index in [-0.39, 0.29) is 5.78 Å². The van der Waals surface area contributed by atoms with Crippen LogP contribution in [0, 0.1) is 0 Å². The van der Waals surface area contributed by atoms with Gasteiger partial charge in [-0.2, -0.15) is 0 Å². The molecule has 4 N–H and O–H groups in total. The lowest BCUT2D eigenvalue weighted by Crippen LogP contribution is -2.31. The molecule has 0 radical (unpaired) electrons. The fraction of sp³-hybridized carbons (Fsp3) is 0.133.